The Kier molecular flexibility index (Phi) is 4.37. The first-order chi connectivity index (χ1) is 9.33. The van der Waals surface area contributed by atoms with Gasteiger partial charge in [-0.1, -0.05) is 23.2 Å². The molecule has 106 valence electrons. The number of benzene rings is 1. The van der Waals surface area contributed by atoms with E-state index in [1.165, 1.54) is 6.20 Å². The Balaban J connectivity index is 2.17. The summed E-state index contributed by atoms with van der Waals surface area (Å²) in [6.45, 7) is 0. The van der Waals surface area contributed by atoms with E-state index in [-0.39, 0.29) is 5.82 Å². The molecule has 0 aliphatic rings. The Morgan fingerprint density at radius 2 is 1.90 bits per heavy atom. The molecule has 8 heteroatoms. The van der Waals surface area contributed by atoms with Crippen LogP contribution in [0.3, 0.4) is 0 Å². The predicted octanol–water partition coefficient (Wildman–Crippen LogP) is 3.50. The zero-order valence-corrected chi connectivity index (χ0v) is 12.7. The normalized spacial score (nSPS) is 11.2. The number of aromatic nitrogens is 1. The summed E-state index contributed by atoms with van der Waals surface area (Å²) in [5.41, 5.74) is 1.30. The zero-order chi connectivity index (χ0) is 14.8. The molecule has 0 spiro atoms. The number of hydrogen-bond donors (Lipinski definition) is 2. The van der Waals surface area contributed by atoms with E-state index in [1.807, 2.05) is 0 Å². The van der Waals surface area contributed by atoms with Crippen LogP contribution >= 0.6 is 23.2 Å². The zero-order valence-electron chi connectivity index (χ0n) is 10.4. The van der Waals surface area contributed by atoms with Crippen LogP contribution in [0.15, 0.2) is 36.5 Å². The van der Waals surface area contributed by atoms with Gasteiger partial charge in [-0.3, -0.25) is 4.72 Å². The van der Waals surface area contributed by atoms with Gasteiger partial charge in [-0.15, -0.1) is 0 Å². The molecule has 2 rings (SSSR count). The van der Waals surface area contributed by atoms with E-state index >= 15 is 0 Å². The Labute approximate surface area is 127 Å². The Hall–Kier alpha value is -1.50. The van der Waals surface area contributed by atoms with Gasteiger partial charge in [0.05, 0.1) is 28.9 Å². The third-order valence-corrected chi connectivity index (χ3v) is 3.41. The van der Waals surface area contributed by atoms with Crippen molar-refractivity contribution in [2.24, 2.45) is 0 Å². The van der Waals surface area contributed by atoms with Crippen LogP contribution in [-0.4, -0.2) is 19.7 Å². The number of anilines is 3. The summed E-state index contributed by atoms with van der Waals surface area (Å²) in [6.07, 6.45) is 2.55. The lowest BCUT2D eigenvalue weighted by Gasteiger charge is -2.09. The van der Waals surface area contributed by atoms with Crippen LogP contribution in [0.4, 0.5) is 17.2 Å². The summed E-state index contributed by atoms with van der Waals surface area (Å²) in [5, 5.41) is 4.12. The molecule has 5 nitrogen and oxygen atoms in total. The highest BCUT2D eigenvalue weighted by atomic mass is 35.5. The Bertz CT molecular complexity index is 718. The molecule has 0 atom stereocenters. The van der Waals surface area contributed by atoms with E-state index in [0.717, 1.165) is 6.26 Å². The van der Waals surface area contributed by atoms with E-state index in [4.69, 9.17) is 23.2 Å². The van der Waals surface area contributed by atoms with Gasteiger partial charge in [0.25, 0.3) is 0 Å². The van der Waals surface area contributed by atoms with Crippen molar-refractivity contribution in [3.63, 3.8) is 0 Å². The van der Waals surface area contributed by atoms with Crippen molar-refractivity contribution in [2.45, 2.75) is 0 Å². The first-order valence-corrected chi connectivity index (χ1v) is 8.14. The summed E-state index contributed by atoms with van der Waals surface area (Å²) >= 11 is 11.9. The first kappa shape index (κ1) is 14.9. The molecule has 1 heterocycles. The number of rotatable bonds is 4. The fourth-order valence-electron chi connectivity index (χ4n) is 1.47. The van der Waals surface area contributed by atoms with Crippen molar-refractivity contribution >= 4 is 50.4 Å². The molecule has 0 saturated heterocycles. The van der Waals surface area contributed by atoms with Gasteiger partial charge in [0, 0.05) is 5.02 Å². The summed E-state index contributed by atoms with van der Waals surface area (Å²) in [4.78, 5) is 3.98. The quantitative estimate of drug-likeness (QED) is 0.899. The van der Waals surface area contributed by atoms with E-state index in [2.05, 4.69) is 15.0 Å². The van der Waals surface area contributed by atoms with Gasteiger partial charge in [-0.2, -0.15) is 0 Å². The van der Waals surface area contributed by atoms with Crippen LogP contribution in [0, 0.1) is 0 Å². The third kappa shape index (κ3) is 4.26. The largest absolute Gasteiger partial charge is 0.353 e. The summed E-state index contributed by atoms with van der Waals surface area (Å²) in [5.74, 6) is 0.246. The molecule has 2 aromatic rings. The Morgan fingerprint density at radius 3 is 2.50 bits per heavy atom. The van der Waals surface area contributed by atoms with Gasteiger partial charge in [-0.25, -0.2) is 13.4 Å². The van der Waals surface area contributed by atoms with Crippen LogP contribution in [-0.2, 0) is 10.0 Å². The number of nitrogens with one attached hydrogen (secondary N) is 2. The summed E-state index contributed by atoms with van der Waals surface area (Å²) in [6, 6.07) is 8.28. The second kappa shape index (κ2) is 5.87. The van der Waals surface area contributed by atoms with Crippen molar-refractivity contribution in [1.82, 2.24) is 4.98 Å². The second-order valence-electron chi connectivity index (χ2n) is 4.06. The molecular formula is C12H11Cl2N3O2S. The minimum atomic E-state index is -3.33. The number of pyridine rings is 1. The average molecular weight is 332 g/mol. The van der Waals surface area contributed by atoms with E-state index in [0.29, 0.717) is 21.4 Å². The number of halogens is 2. The van der Waals surface area contributed by atoms with Crippen LogP contribution in [0.25, 0.3) is 0 Å². The lowest BCUT2D eigenvalue weighted by molar-refractivity contribution is 0.606. The molecule has 1 aromatic heterocycles. The maximum atomic E-state index is 11.1. The SMILES string of the molecule is CS(=O)(=O)Nc1ccc(Nc2cc(Cl)ccc2Cl)cn1. The van der Waals surface area contributed by atoms with Crippen LogP contribution in [0.1, 0.15) is 0 Å². The molecule has 0 radical (unpaired) electrons. The van der Waals surface area contributed by atoms with E-state index < -0.39 is 10.0 Å². The lowest BCUT2D eigenvalue weighted by Crippen LogP contribution is -2.10. The molecule has 0 amide bonds. The maximum Gasteiger partial charge on any atom is 0.230 e. The second-order valence-corrected chi connectivity index (χ2v) is 6.65. The van der Waals surface area contributed by atoms with Crippen molar-refractivity contribution < 1.29 is 8.42 Å². The maximum absolute atomic E-state index is 11.1. The molecule has 0 aliphatic carbocycles. The molecule has 0 bridgehead atoms. The molecule has 0 saturated carbocycles. The van der Waals surface area contributed by atoms with E-state index in [9.17, 15) is 8.42 Å². The third-order valence-electron chi connectivity index (χ3n) is 2.26. The van der Waals surface area contributed by atoms with E-state index in [1.54, 1.807) is 30.3 Å². The van der Waals surface area contributed by atoms with Crippen LogP contribution in [0.5, 0.6) is 0 Å². The number of hydrogen-bond acceptors (Lipinski definition) is 4. The molecule has 0 aliphatic heterocycles. The summed E-state index contributed by atoms with van der Waals surface area (Å²) < 4.78 is 24.4. The number of nitrogens with zero attached hydrogens (tertiary/aromatic N) is 1. The van der Waals surface area contributed by atoms with Gasteiger partial charge in [0.15, 0.2) is 0 Å². The van der Waals surface area contributed by atoms with Crippen molar-refractivity contribution in [3.05, 3.63) is 46.6 Å². The smallest absolute Gasteiger partial charge is 0.230 e. The highest BCUT2D eigenvalue weighted by Gasteiger charge is 2.05. The lowest BCUT2D eigenvalue weighted by atomic mass is 10.3. The highest BCUT2D eigenvalue weighted by molar-refractivity contribution is 7.92. The molecule has 0 unspecified atom stereocenters. The van der Waals surface area contributed by atoms with Gasteiger partial charge in [0.1, 0.15) is 5.82 Å². The minimum Gasteiger partial charge on any atom is -0.353 e. The van der Waals surface area contributed by atoms with Gasteiger partial charge < -0.3 is 5.32 Å². The summed E-state index contributed by atoms with van der Waals surface area (Å²) in [7, 11) is -3.33. The first-order valence-electron chi connectivity index (χ1n) is 5.49. The fraction of sp³-hybridized carbons (Fsp3) is 0.0833. The standard InChI is InChI=1S/C12H11Cl2N3O2S/c1-20(18,19)17-12-5-3-9(7-15-12)16-11-6-8(13)2-4-10(11)14/h2-7,16H,1H3,(H,15,17). The minimum absolute atomic E-state index is 0.246. The molecule has 1 aromatic carbocycles. The van der Waals surface area contributed by atoms with Gasteiger partial charge in [0.2, 0.25) is 10.0 Å². The highest BCUT2D eigenvalue weighted by Crippen LogP contribution is 2.28. The molecule has 20 heavy (non-hydrogen) atoms. The van der Waals surface area contributed by atoms with Crippen LogP contribution < -0.4 is 10.0 Å². The van der Waals surface area contributed by atoms with Gasteiger partial charge >= 0.3 is 0 Å². The fourth-order valence-corrected chi connectivity index (χ4v) is 2.30. The average Bonchev–Trinajstić information content (AvgIpc) is 2.34. The Morgan fingerprint density at radius 1 is 1.15 bits per heavy atom. The monoisotopic (exact) mass is 331 g/mol. The topological polar surface area (TPSA) is 71.1 Å². The van der Waals surface area contributed by atoms with Crippen molar-refractivity contribution in [2.75, 3.05) is 16.3 Å². The van der Waals surface area contributed by atoms with Crippen molar-refractivity contribution in [3.8, 4) is 0 Å². The molecule has 0 fully saturated rings. The molecular weight excluding hydrogens is 321 g/mol. The van der Waals surface area contributed by atoms with Crippen LogP contribution in [0.2, 0.25) is 10.0 Å². The predicted molar refractivity (Wildman–Crippen MR) is 82.4 cm³/mol. The van der Waals surface area contributed by atoms with Gasteiger partial charge in [-0.05, 0) is 30.3 Å². The van der Waals surface area contributed by atoms with Crippen molar-refractivity contribution in [1.29, 1.82) is 0 Å². The number of sulfonamides is 1. The molecule has 2 N–H and O–H groups in total.